The van der Waals surface area contributed by atoms with E-state index in [0.717, 1.165) is 16.1 Å². The Morgan fingerprint density at radius 1 is 1.50 bits per heavy atom. The van der Waals surface area contributed by atoms with Crippen molar-refractivity contribution in [3.05, 3.63) is 32.9 Å². The zero-order valence-electron chi connectivity index (χ0n) is 8.98. The van der Waals surface area contributed by atoms with Gasteiger partial charge in [0, 0.05) is 10.5 Å². The van der Waals surface area contributed by atoms with Crippen LogP contribution in [0.4, 0.5) is 8.78 Å². The molecule has 1 amide bonds. The Morgan fingerprint density at radius 3 is 2.69 bits per heavy atom. The second kappa shape index (κ2) is 5.07. The van der Waals surface area contributed by atoms with Crippen LogP contribution in [0.3, 0.4) is 0 Å². The average molecular weight is 339 g/mol. The molecule has 16 heavy (non-hydrogen) atoms. The molecule has 1 aromatic carbocycles. The molecule has 88 valence electrons. The molecule has 1 N–H and O–H groups in total. The molecular weight excluding hydrogens is 327 g/mol. The van der Waals surface area contributed by atoms with Gasteiger partial charge in [-0.15, -0.1) is 0 Å². The maximum atomic E-state index is 12.6. The Morgan fingerprint density at radius 2 is 2.12 bits per heavy atom. The summed E-state index contributed by atoms with van der Waals surface area (Å²) in [6, 6.07) is 5.22. The van der Waals surface area contributed by atoms with Crippen LogP contribution in [-0.2, 0) is 0 Å². The molecule has 2 nitrogen and oxygen atoms in total. The van der Waals surface area contributed by atoms with Crippen molar-refractivity contribution >= 4 is 28.5 Å². The molecule has 0 aromatic heterocycles. The molecule has 0 atom stereocenters. The number of nitrogens with one attached hydrogen (secondary N) is 1. The molecule has 1 rings (SSSR count). The standard InChI is InChI=1S/C11H12F2INO/c1-7-4-3-5-8(9(7)14)10(16)15-6-11(2,12)13/h3-5H,6H2,1-2H3,(H,15,16). The van der Waals surface area contributed by atoms with Crippen molar-refractivity contribution in [3.8, 4) is 0 Å². The normalized spacial score (nSPS) is 11.3. The Hall–Kier alpha value is -0.720. The van der Waals surface area contributed by atoms with E-state index in [-0.39, 0.29) is 0 Å². The predicted molar refractivity (Wildman–Crippen MR) is 66.9 cm³/mol. The van der Waals surface area contributed by atoms with Crippen molar-refractivity contribution < 1.29 is 13.6 Å². The van der Waals surface area contributed by atoms with E-state index < -0.39 is 18.4 Å². The fraction of sp³-hybridized carbons (Fsp3) is 0.364. The lowest BCUT2D eigenvalue weighted by atomic mass is 10.1. The third-order valence-electron chi connectivity index (χ3n) is 2.00. The minimum Gasteiger partial charge on any atom is -0.346 e. The number of hydrogen-bond acceptors (Lipinski definition) is 1. The molecule has 0 bridgehead atoms. The van der Waals surface area contributed by atoms with Gasteiger partial charge in [0.2, 0.25) is 0 Å². The largest absolute Gasteiger partial charge is 0.346 e. The first-order valence-electron chi connectivity index (χ1n) is 4.72. The highest BCUT2D eigenvalue weighted by atomic mass is 127. The van der Waals surface area contributed by atoms with Gasteiger partial charge < -0.3 is 5.32 Å². The number of rotatable bonds is 3. The van der Waals surface area contributed by atoms with Gasteiger partial charge in [-0.1, -0.05) is 12.1 Å². The van der Waals surface area contributed by atoms with Crippen LogP contribution >= 0.6 is 22.6 Å². The highest BCUT2D eigenvalue weighted by Crippen LogP contribution is 2.17. The van der Waals surface area contributed by atoms with Gasteiger partial charge in [-0.05, 0) is 41.1 Å². The van der Waals surface area contributed by atoms with Gasteiger partial charge in [-0.2, -0.15) is 0 Å². The number of amides is 1. The molecule has 0 aliphatic heterocycles. The molecule has 0 aliphatic rings. The maximum absolute atomic E-state index is 12.6. The van der Waals surface area contributed by atoms with Crippen molar-refractivity contribution in [2.24, 2.45) is 0 Å². The van der Waals surface area contributed by atoms with Gasteiger partial charge in [0.25, 0.3) is 11.8 Å². The first kappa shape index (κ1) is 13.3. The van der Waals surface area contributed by atoms with Crippen LogP contribution in [-0.4, -0.2) is 18.4 Å². The zero-order chi connectivity index (χ0) is 12.3. The number of carbonyl (C=O) groups excluding carboxylic acids is 1. The smallest absolute Gasteiger partial charge is 0.262 e. The third kappa shape index (κ3) is 3.70. The highest BCUT2D eigenvalue weighted by Gasteiger charge is 2.22. The average Bonchev–Trinajstić information content (AvgIpc) is 2.17. The lowest BCUT2D eigenvalue weighted by Gasteiger charge is -2.12. The fourth-order valence-electron chi connectivity index (χ4n) is 1.15. The van der Waals surface area contributed by atoms with E-state index in [9.17, 15) is 13.6 Å². The molecule has 0 aliphatic carbocycles. The first-order valence-corrected chi connectivity index (χ1v) is 5.80. The van der Waals surface area contributed by atoms with Crippen molar-refractivity contribution in [1.82, 2.24) is 5.32 Å². The second-order valence-corrected chi connectivity index (χ2v) is 4.77. The summed E-state index contributed by atoms with van der Waals surface area (Å²) in [5, 5.41) is 2.21. The topological polar surface area (TPSA) is 29.1 Å². The van der Waals surface area contributed by atoms with Crippen molar-refractivity contribution in [1.29, 1.82) is 0 Å². The van der Waals surface area contributed by atoms with E-state index in [4.69, 9.17) is 0 Å². The summed E-state index contributed by atoms with van der Waals surface area (Å²) < 4.78 is 25.9. The van der Waals surface area contributed by atoms with Gasteiger partial charge in [-0.3, -0.25) is 4.79 Å². The summed E-state index contributed by atoms with van der Waals surface area (Å²) in [5.41, 5.74) is 1.39. The number of benzene rings is 1. The summed E-state index contributed by atoms with van der Waals surface area (Å²) in [7, 11) is 0. The zero-order valence-corrected chi connectivity index (χ0v) is 11.1. The van der Waals surface area contributed by atoms with Crippen molar-refractivity contribution in [2.75, 3.05) is 6.54 Å². The Balaban J connectivity index is 2.78. The lowest BCUT2D eigenvalue weighted by Crippen LogP contribution is -2.34. The number of alkyl halides is 2. The quantitative estimate of drug-likeness (QED) is 0.843. The SMILES string of the molecule is Cc1cccc(C(=O)NCC(C)(F)F)c1I. The molecule has 0 spiro atoms. The second-order valence-electron chi connectivity index (χ2n) is 3.69. The van der Waals surface area contributed by atoms with E-state index >= 15 is 0 Å². The summed E-state index contributed by atoms with van der Waals surface area (Å²) in [5.74, 6) is -3.35. The number of carbonyl (C=O) groups is 1. The molecule has 0 saturated carbocycles. The lowest BCUT2D eigenvalue weighted by molar-refractivity contribution is 0.0221. The minimum atomic E-state index is -2.88. The van der Waals surface area contributed by atoms with Gasteiger partial charge >= 0.3 is 0 Å². The Bertz CT molecular complexity index is 401. The molecular formula is C11H12F2INO. The van der Waals surface area contributed by atoms with Crippen molar-refractivity contribution in [2.45, 2.75) is 19.8 Å². The Kier molecular flexibility index (Phi) is 4.23. The molecule has 0 unspecified atom stereocenters. The summed E-state index contributed by atoms with van der Waals surface area (Å²) in [6.07, 6.45) is 0. The van der Waals surface area contributed by atoms with Crippen molar-refractivity contribution in [3.63, 3.8) is 0 Å². The Labute approximate surface area is 107 Å². The monoisotopic (exact) mass is 339 g/mol. The van der Waals surface area contributed by atoms with Gasteiger partial charge in [0.1, 0.15) is 0 Å². The molecule has 5 heteroatoms. The van der Waals surface area contributed by atoms with E-state index in [1.807, 2.05) is 35.6 Å². The predicted octanol–water partition coefficient (Wildman–Crippen LogP) is 2.98. The highest BCUT2D eigenvalue weighted by molar-refractivity contribution is 14.1. The van der Waals surface area contributed by atoms with Gasteiger partial charge in [-0.25, -0.2) is 8.78 Å². The van der Waals surface area contributed by atoms with Gasteiger partial charge in [0.15, 0.2) is 0 Å². The van der Waals surface area contributed by atoms with Crippen LogP contribution in [0, 0.1) is 10.5 Å². The fourth-order valence-corrected chi connectivity index (χ4v) is 1.76. The van der Waals surface area contributed by atoms with E-state index in [2.05, 4.69) is 5.32 Å². The summed E-state index contributed by atoms with van der Waals surface area (Å²) in [6.45, 7) is 2.00. The molecule has 0 radical (unpaired) electrons. The van der Waals surface area contributed by atoms with Crippen LogP contribution in [0.25, 0.3) is 0 Å². The van der Waals surface area contributed by atoms with Crippen LogP contribution in [0.1, 0.15) is 22.8 Å². The minimum absolute atomic E-state index is 0.435. The first-order chi connectivity index (χ1) is 7.31. The maximum Gasteiger partial charge on any atom is 0.262 e. The summed E-state index contributed by atoms with van der Waals surface area (Å²) in [4.78, 5) is 11.6. The number of halogens is 3. The molecule has 0 saturated heterocycles. The van der Waals surface area contributed by atoms with Gasteiger partial charge in [0.05, 0.1) is 12.1 Å². The van der Waals surface area contributed by atoms with Crippen LogP contribution in [0.15, 0.2) is 18.2 Å². The molecule has 0 fully saturated rings. The van der Waals surface area contributed by atoms with Crippen LogP contribution in [0.5, 0.6) is 0 Å². The third-order valence-corrected chi connectivity index (χ3v) is 3.43. The number of hydrogen-bond donors (Lipinski definition) is 1. The summed E-state index contributed by atoms with van der Waals surface area (Å²) >= 11 is 2.03. The van der Waals surface area contributed by atoms with E-state index in [0.29, 0.717) is 5.56 Å². The molecule has 0 heterocycles. The number of aryl methyl sites for hydroxylation is 1. The van der Waals surface area contributed by atoms with Crippen LogP contribution < -0.4 is 5.32 Å². The van der Waals surface area contributed by atoms with Crippen LogP contribution in [0.2, 0.25) is 0 Å². The van der Waals surface area contributed by atoms with E-state index in [1.54, 1.807) is 12.1 Å². The van der Waals surface area contributed by atoms with E-state index in [1.165, 1.54) is 0 Å². The molecule has 1 aromatic rings.